The zero-order valence-electron chi connectivity index (χ0n) is 12.8. The molecule has 3 atom stereocenters. The van der Waals surface area contributed by atoms with Gasteiger partial charge in [-0.2, -0.15) is 4.31 Å². The molecule has 2 aliphatic rings. The van der Waals surface area contributed by atoms with E-state index in [1.165, 1.54) is 16.1 Å². The summed E-state index contributed by atoms with van der Waals surface area (Å²) in [6.07, 6.45) is 4.78. The second kappa shape index (κ2) is 5.15. The molecule has 4 rings (SSSR count). The van der Waals surface area contributed by atoms with Crippen LogP contribution in [-0.4, -0.2) is 52.8 Å². The number of sulfonamides is 1. The van der Waals surface area contributed by atoms with E-state index >= 15 is 0 Å². The Morgan fingerprint density at radius 3 is 2.83 bits per heavy atom. The van der Waals surface area contributed by atoms with Crippen LogP contribution in [0.15, 0.2) is 36.8 Å². The Kier molecular flexibility index (Phi) is 3.33. The SMILES string of the molecule is CS(=O)(=O)N1CC[C@H]([C@H]2c3ccccc3-c3cncn32)[C@@H](O)C1. The molecule has 0 saturated carbocycles. The van der Waals surface area contributed by atoms with Crippen LogP contribution in [0, 0.1) is 5.92 Å². The molecule has 2 aliphatic heterocycles. The van der Waals surface area contributed by atoms with Crippen LogP contribution in [0.1, 0.15) is 18.0 Å². The second-order valence-electron chi connectivity index (χ2n) is 6.36. The Hall–Kier alpha value is -1.70. The molecule has 122 valence electrons. The normalized spacial score (nSPS) is 27.7. The molecular weight excluding hydrogens is 314 g/mol. The quantitative estimate of drug-likeness (QED) is 0.893. The molecule has 1 fully saturated rings. The Labute approximate surface area is 135 Å². The van der Waals surface area contributed by atoms with Crippen LogP contribution in [-0.2, 0) is 10.0 Å². The predicted octanol–water partition coefficient (Wildman–Crippen LogP) is 1.10. The molecule has 0 radical (unpaired) electrons. The van der Waals surface area contributed by atoms with Crippen molar-refractivity contribution in [3.63, 3.8) is 0 Å². The minimum absolute atomic E-state index is 0.0143. The number of imidazole rings is 1. The van der Waals surface area contributed by atoms with Crippen LogP contribution < -0.4 is 0 Å². The van der Waals surface area contributed by atoms with Gasteiger partial charge in [-0.1, -0.05) is 24.3 Å². The van der Waals surface area contributed by atoms with Crippen LogP contribution in [0.5, 0.6) is 0 Å². The predicted molar refractivity (Wildman–Crippen MR) is 86.3 cm³/mol. The molecule has 0 bridgehead atoms. The van der Waals surface area contributed by atoms with E-state index in [2.05, 4.69) is 21.7 Å². The van der Waals surface area contributed by atoms with Crippen molar-refractivity contribution in [1.29, 1.82) is 0 Å². The van der Waals surface area contributed by atoms with E-state index in [1.54, 1.807) is 6.33 Å². The lowest BCUT2D eigenvalue weighted by atomic mass is 9.84. The largest absolute Gasteiger partial charge is 0.391 e. The minimum Gasteiger partial charge on any atom is -0.391 e. The van der Waals surface area contributed by atoms with Gasteiger partial charge in [-0.15, -0.1) is 0 Å². The van der Waals surface area contributed by atoms with Gasteiger partial charge in [0.1, 0.15) is 0 Å². The Morgan fingerprint density at radius 2 is 2.09 bits per heavy atom. The highest BCUT2D eigenvalue weighted by atomic mass is 32.2. The van der Waals surface area contributed by atoms with Gasteiger partial charge in [0.15, 0.2) is 0 Å². The van der Waals surface area contributed by atoms with E-state index in [0.717, 1.165) is 11.3 Å². The molecule has 0 unspecified atom stereocenters. The number of hydrogen-bond acceptors (Lipinski definition) is 4. The molecular formula is C16H19N3O3S. The topological polar surface area (TPSA) is 75.4 Å². The summed E-state index contributed by atoms with van der Waals surface area (Å²) in [6.45, 7) is 0.607. The summed E-state index contributed by atoms with van der Waals surface area (Å²) in [7, 11) is -3.26. The van der Waals surface area contributed by atoms with Gasteiger partial charge in [-0.25, -0.2) is 13.4 Å². The molecule has 1 saturated heterocycles. The summed E-state index contributed by atoms with van der Waals surface area (Å²) in [6, 6.07) is 8.18. The fraction of sp³-hybridized carbons (Fsp3) is 0.438. The third-order valence-corrected chi connectivity index (χ3v) is 6.26. The molecule has 0 spiro atoms. The Bertz CT molecular complexity index is 846. The zero-order valence-corrected chi connectivity index (χ0v) is 13.6. The maximum atomic E-state index is 11.7. The molecule has 0 amide bonds. The first-order valence-corrected chi connectivity index (χ1v) is 9.56. The molecule has 1 aromatic heterocycles. The number of benzene rings is 1. The van der Waals surface area contributed by atoms with Gasteiger partial charge in [0, 0.05) is 24.6 Å². The van der Waals surface area contributed by atoms with Gasteiger partial charge in [-0.3, -0.25) is 0 Å². The number of aliphatic hydroxyl groups excluding tert-OH is 1. The third kappa shape index (κ3) is 2.31. The molecule has 0 aliphatic carbocycles. The molecule has 23 heavy (non-hydrogen) atoms. The number of nitrogens with zero attached hydrogens (tertiary/aromatic N) is 3. The number of aromatic nitrogens is 2. The van der Waals surface area contributed by atoms with Crippen molar-refractivity contribution in [2.24, 2.45) is 5.92 Å². The molecule has 1 N–H and O–H groups in total. The van der Waals surface area contributed by atoms with Crippen molar-refractivity contribution >= 4 is 10.0 Å². The van der Waals surface area contributed by atoms with E-state index in [9.17, 15) is 13.5 Å². The molecule has 2 aromatic rings. The monoisotopic (exact) mass is 333 g/mol. The molecule has 6 nitrogen and oxygen atoms in total. The van der Waals surface area contributed by atoms with E-state index in [-0.39, 0.29) is 18.5 Å². The van der Waals surface area contributed by atoms with E-state index < -0.39 is 16.1 Å². The fourth-order valence-electron chi connectivity index (χ4n) is 3.90. The lowest BCUT2D eigenvalue weighted by molar-refractivity contribution is 0.0345. The number of β-amino-alcohol motifs (C(OH)–C–C–N with tert-alkyl or cyclic N) is 1. The number of piperidine rings is 1. The van der Waals surface area contributed by atoms with Crippen LogP contribution >= 0.6 is 0 Å². The maximum Gasteiger partial charge on any atom is 0.211 e. The highest BCUT2D eigenvalue weighted by Gasteiger charge is 2.41. The van der Waals surface area contributed by atoms with Crippen molar-refractivity contribution < 1.29 is 13.5 Å². The smallest absolute Gasteiger partial charge is 0.211 e. The average molecular weight is 333 g/mol. The van der Waals surface area contributed by atoms with Crippen molar-refractivity contribution in [3.05, 3.63) is 42.4 Å². The highest BCUT2D eigenvalue weighted by Crippen LogP contribution is 2.45. The van der Waals surface area contributed by atoms with Crippen LogP contribution in [0.2, 0.25) is 0 Å². The van der Waals surface area contributed by atoms with Crippen molar-refractivity contribution in [2.75, 3.05) is 19.3 Å². The second-order valence-corrected chi connectivity index (χ2v) is 8.34. The number of rotatable bonds is 2. The van der Waals surface area contributed by atoms with Gasteiger partial charge < -0.3 is 9.67 Å². The van der Waals surface area contributed by atoms with Crippen molar-refractivity contribution in [1.82, 2.24) is 13.9 Å². The summed E-state index contributed by atoms with van der Waals surface area (Å²) in [4.78, 5) is 4.24. The van der Waals surface area contributed by atoms with E-state index in [1.807, 2.05) is 18.3 Å². The molecule has 7 heteroatoms. The van der Waals surface area contributed by atoms with Gasteiger partial charge >= 0.3 is 0 Å². The summed E-state index contributed by atoms with van der Waals surface area (Å²) >= 11 is 0. The van der Waals surface area contributed by atoms with Gasteiger partial charge in [0.25, 0.3) is 0 Å². The molecule has 3 heterocycles. The number of fused-ring (bicyclic) bond motifs is 3. The van der Waals surface area contributed by atoms with Crippen LogP contribution in [0.3, 0.4) is 0 Å². The van der Waals surface area contributed by atoms with Crippen LogP contribution in [0.4, 0.5) is 0 Å². The number of aliphatic hydroxyl groups is 1. The lowest BCUT2D eigenvalue weighted by Crippen LogP contribution is -2.48. The van der Waals surface area contributed by atoms with Gasteiger partial charge in [-0.05, 0) is 12.0 Å². The first-order valence-electron chi connectivity index (χ1n) is 7.71. The van der Waals surface area contributed by atoms with Gasteiger partial charge in [0.05, 0.1) is 36.6 Å². The zero-order chi connectivity index (χ0) is 16.2. The Balaban J connectivity index is 1.70. The van der Waals surface area contributed by atoms with E-state index in [0.29, 0.717) is 13.0 Å². The lowest BCUT2D eigenvalue weighted by Gasteiger charge is -2.38. The first kappa shape index (κ1) is 14.9. The minimum atomic E-state index is -3.26. The standard InChI is InChI=1S/C16H19N3O3S/c1-23(21,22)18-7-6-13(15(20)9-18)16-12-5-3-2-4-11(12)14-8-17-10-19(14)16/h2-5,8,10,13,15-16,20H,6-7,9H2,1H3/t13-,15-,16+/m0/s1. The Morgan fingerprint density at radius 1 is 1.30 bits per heavy atom. The first-order chi connectivity index (χ1) is 11.0. The summed E-state index contributed by atoms with van der Waals surface area (Å²) in [5.41, 5.74) is 3.39. The maximum absolute atomic E-state index is 11.7. The van der Waals surface area contributed by atoms with Crippen LogP contribution in [0.25, 0.3) is 11.3 Å². The average Bonchev–Trinajstić information content (AvgIpc) is 3.07. The van der Waals surface area contributed by atoms with E-state index in [4.69, 9.17) is 0 Å². The van der Waals surface area contributed by atoms with Gasteiger partial charge in [0.2, 0.25) is 10.0 Å². The summed E-state index contributed by atoms with van der Waals surface area (Å²) < 4.78 is 26.9. The highest BCUT2D eigenvalue weighted by molar-refractivity contribution is 7.88. The fourth-order valence-corrected chi connectivity index (χ4v) is 4.76. The third-order valence-electron chi connectivity index (χ3n) is 4.99. The summed E-state index contributed by atoms with van der Waals surface area (Å²) in [5.74, 6) is -0.0235. The molecule has 1 aromatic carbocycles. The van der Waals surface area contributed by atoms with Crippen molar-refractivity contribution in [3.8, 4) is 11.3 Å². The number of hydrogen-bond donors (Lipinski definition) is 1. The van der Waals surface area contributed by atoms with Crippen molar-refractivity contribution in [2.45, 2.75) is 18.6 Å². The summed E-state index contributed by atoms with van der Waals surface area (Å²) in [5, 5.41) is 10.6.